The molecule has 0 aromatic heterocycles. The van der Waals surface area contributed by atoms with Crippen LogP contribution in [0.2, 0.25) is 5.02 Å². The van der Waals surface area contributed by atoms with Gasteiger partial charge in [0.2, 0.25) is 0 Å². The number of halogens is 1. The van der Waals surface area contributed by atoms with Crippen LogP contribution in [0.15, 0.2) is 23.1 Å². The summed E-state index contributed by atoms with van der Waals surface area (Å²) in [6, 6.07) is 5.84. The third-order valence-corrected chi connectivity index (χ3v) is 3.58. The van der Waals surface area contributed by atoms with Gasteiger partial charge in [0, 0.05) is 21.6 Å². The van der Waals surface area contributed by atoms with Gasteiger partial charge in [-0.05, 0) is 36.6 Å². The number of carboxylic acid groups (broad SMARTS) is 1. The minimum absolute atomic E-state index is 0.207. The van der Waals surface area contributed by atoms with Crippen LogP contribution in [0.1, 0.15) is 32.3 Å². The first-order valence-electron chi connectivity index (χ1n) is 5.66. The molecule has 1 rings (SSSR count). The van der Waals surface area contributed by atoms with Gasteiger partial charge in [0.1, 0.15) is 0 Å². The summed E-state index contributed by atoms with van der Waals surface area (Å²) in [6.45, 7) is 4.28. The minimum Gasteiger partial charge on any atom is -0.481 e. The molecule has 0 aliphatic rings. The zero-order chi connectivity index (χ0) is 12.8. The van der Waals surface area contributed by atoms with Gasteiger partial charge >= 0.3 is 5.97 Å². The van der Waals surface area contributed by atoms with E-state index in [0.717, 1.165) is 12.0 Å². The van der Waals surface area contributed by atoms with Crippen molar-refractivity contribution in [1.82, 2.24) is 0 Å². The maximum atomic E-state index is 10.5. The van der Waals surface area contributed by atoms with Crippen LogP contribution in [0, 0.1) is 0 Å². The minimum atomic E-state index is -0.745. The van der Waals surface area contributed by atoms with Gasteiger partial charge in [0.15, 0.2) is 0 Å². The van der Waals surface area contributed by atoms with E-state index in [1.54, 1.807) is 11.8 Å². The molecule has 2 nitrogen and oxygen atoms in total. The second kappa shape index (κ2) is 6.92. The Morgan fingerprint density at radius 3 is 2.76 bits per heavy atom. The van der Waals surface area contributed by atoms with E-state index in [9.17, 15) is 4.79 Å². The van der Waals surface area contributed by atoms with Crippen molar-refractivity contribution in [3.8, 4) is 0 Å². The van der Waals surface area contributed by atoms with E-state index in [0.29, 0.717) is 16.7 Å². The molecular formula is C13H17ClO2S. The molecule has 1 aromatic rings. The first kappa shape index (κ1) is 14.4. The van der Waals surface area contributed by atoms with Crippen LogP contribution in [0.25, 0.3) is 0 Å². The van der Waals surface area contributed by atoms with E-state index in [2.05, 4.69) is 13.8 Å². The highest BCUT2D eigenvalue weighted by Crippen LogP contribution is 2.29. The molecule has 94 valence electrons. The first-order chi connectivity index (χ1) is 7.99. The number of rotatable bonds is 6. The van der Waals surface area contributed by atoms with Crippen LogP contribution in [0.4, 0.5) is 0 Å². The fraction of sp³-hybridized carbons (Fsp3) is 0.462. The zero-order valence-electron chi connectivity index (χ0n) is 10.1. The van der Waals surface area contributed by atoms with Crippen LogP contribution in [0.3, 0.4) is 0 Å². The summed E-state index contributed by atoms with van der Waals surface area (Å²) in [4.78, 5) is 11.7. The highest BCUT2D eigenvalue weighted by Gasteiger charge is 2.07. The molecule has 0 atom stereocenters. The van der Waals surface area contributed by atoms with E-state index in [-0.39, 0.29) is 6.42 Å². The molecule has 1 aromatic carbocycles. The van der Waals surface area contributed by atoms with Crippen molar-refractivity contribution in [1.29, 1.82) is 0 Å². The molecule has 4 heteroatoms. The van der Waals surface area contributed by atoms with Gasteiger partial charge in [-0.25, -0.2) is 0 Å². The summed E-state index contributed by atoms with van der Waals surface area (Å²) in [6.07, 6.45) is 1.63. The van der Waals surface area contributed by atoms with Gasteiger partial charge in [-0.2, -0.15) is 0 Å². The number of aliphatic carboxylic acids is 1. The van der Waals surface area contributed by atoms with E-state index in [1.165, 1.54) is 4.90 Å². The monoisotopic (exact) mass is 272 g/mol. The van der Waals surface area contributed by atoms with Gasteiger partial charge in [-0.3, -0.25) is 4.79 Å². The molecule has 0 aliphatic carbocycles. The van der Waals surface area contributed by atoms with E-state index in [1.807, 2.05) is 18.2 Å². The van der Waals surface area contributed by atoms with Gasteiger partial charge in [0.25, 0.3) is 0 Å². The van der Waals surface area contributed by atoms with Crippen molar-refractivity contribution in [2.24, 2.45) is 0 Å². The number of carbonyl (C=O) groups is 1. The maximum absolute atomic E-state index is 10.5. The number of hydrogen-bond donors (Lipinski definition) is 1. The molecule has 17 heavy (non-hydrogen) atoms. The third-order valence-electron chi connectivity index (χ3n) is 2.22. The second-order valence-corrected chi connectivity index (χ2v) is 6.22. The van der Waals surface area contributed by atoms with Crippen LogP contribution >= 0.6 is 23.4 Å². The second-order valence-electron chi connectivity index (χ2n) is 4.17. The molecule has 0 fully saturated rings. The number of benzene rings is 1. The van der Waals surface area contributed by atoms with Gasteiger partial charge in [-0.15, -0.1) is 11.8 Å². The van der Waals surface area contributed by atoms with E-state index in [4.69, 9.17) is 16.7 Å². The summed E-state index contributed by atoms with van der Waals surface area (Å²) in [7, 11) is 0. The summed E-state index contributed by atoms with van der Waals surface area (Å²) in [5.74, 6) is -0.745. The van der Waals surface area contributed by atoms with E-state index >= 15 is 0 Å². The molecule has 0 aliphatic heterocycles. The van der Waals surface area contributed by atoms with Gasteiger partial charge in [-0.1, -0.05) is 25.4 Å². The Kier molecular flexibility index (Phi) is 5.86. The quantitative estimate of drug-likeness (QED) is 0.787. The lowest BCUT2D eigenvalue weighted by molar-refractivity contribution is -0.137. The molecule has 0 bridgehead atoms. The SMILES string of the molecule is CC(C)Sc1ccc(Cl)cc1CCCC(=O)O. The van der Waals surface area contributed by atoms with Crippen LogP contribution in [0.5, 0.6) is 0 Å². The van der Waals surface area contributed by atoms with Gasteiger partial charge in [0.05, 0.1) is 0 Å². The lowest BCUT2D eigenvalue weighted by atomic mass is 10.1. The van der Waals surface area contributed by atoms with Crippen molar-refractivity contribution in [3.05, 3.63) is 28.8 Å². The zero-order valence-corrected chi connectivity index (χ0v) is 11.6. The largest absolute Gasteiger partial charge is 0.481 e. The Hall–Kier alpha value is -0.670. The normalized spacial score (nSPS) is 10.8. The predicted octanol–water partition coefficient (Wildman–Crippen LogP) is 4.25. The van der Waals surface area contributed by atoms with Crippen molar-refractivity contribution in [2.75, 3.05) is 0 Å². The smallest absolute Gasteiger partial charge is 0.303 e. The predicted molar refractivity (Wildman–Crippen MR) is 73.0 cm³/mol. The molecule has 0 amide bonds. The van der Waals surface area contributed by atoms with Crippen LogP contribution in [-0.2, 0) is 11.2 Å². The Bertz CT molecular complexity index is 391. The lowest BCUT2D eigenvalue weighted by Gasteiger charge is -2.11. The molecule has 0 spiro atoms. The first-order valence-corrected chi connectivity index (χ1v) is 6.91. The molecule has 0 unspecified atom stereocenters. The Balaban J connectivity index is 2.72. The highest BCUT2D eigenvalue weighted by atomic mass is 35.5. The molecule has 1 N–H and O–H groups in total. The molecule has 0 radical (unpaired) electrons. The average Bonchev–Trinajstić information content (AvgIpc) is 2.21. The Morgan fingerprint density at radius 2 is 2.18 bits per heavy atom. The summed E-state index contributed by atoms with van der Waals surface area (Å²) in [5.41, 5.74) is 1.15. The van der Waals surface area contributed by atoms with Crippen molar-refractivity contribution in [3.63, 3.8) is 0 Å². The fourth-order valence-electron chi connectivity index (χ4n) is 1.54. The van der Waals surface area contributed by atoms with Crippen molar-refractivity contribution in [2.45, 2.75) is 43.3 Å². The van der Waals surface area contributed by atoms with Crippen molar-refractivity contribution >= 4 is 29.3 Å². The molecule has 0 saturated carbocycles. The highest BCUT2D eigenvalue weighted by molar-refractivity contribution is 8.00. The summed E-state index contributed by atoms with van der Waals surface area (Å²) >= 11 is 7.76. The van der Waals surface area contributed by atoms with Crippen LogP contribution in [-0.4, -0.2) is 16.3 Å². The standard InChI is InChI=1S/C13H17ClO2S/c1-9(2)17-12-7-6-11(14)8-10(12)4-3-5-13(15)16/h6-9H,3-5H2,1-2H3,(H,15,16). The van der Waals surface area contributed by atoms with E-state index < -0.39 is 5.97 Å². The number of carboxylic acids is 1. The van der Waals surface area contributed by atoms with Crippen LogP contribution < -0.4 is 0 Å². The maximum Gasteiger partial charge on any atom is 0.303 e. The molecule has 0 saturated heterocycles. The average molecular weight is 273 g/mol. The fourth-order valence-corrected chi connectivity index (χ4v) is 2.70. The summed E-state index contributed by atoms with van der Waals surface area (Å²) < 4.78 is 0. The number of aryl methyl sites for hydroxylation is 1. The molecule has 0 heterocycles. The van der Waals surface area contributed by atoms with Crippen molar-refractivity contribution < 1.29 is 9.90 Å². The Morgan fingerprint density at radius 1 is 1.47 bits per heavy atom. The topological polar surface area (TPSA) is 37.3 Å². The third kappa shape index (κ3) is 5.46. The molecular weight excluding hydrogens is 256 g/mol. The summed E-state index contributed by atoms with van der Waals surface area (Å²) in [5, 5.41) is 9.85. The van der Waals surface area contributed by atoms with Gasteiger partial charge < -0.3 is 5.11 Å². The Labute approximate surface area is 111 Å². The lowest BCUT2D eigenvalue weighted by Crippen LogP contribution is -1.98. The number of hydrogen-bond acceptors (Lipinski definition) is 2. The number of thioether (sulfide) groups is 1.